The van der Waals surface area contributed by atoms with E-state index in [9.17, 15) is 25.5 Å². The number of aliphatic hydroxyl groups excluding tert-OH is 5. The van der Waals surface area contributed by atoms with Gasteiger partial charge in [0.15, 0.2) is 5.11 Å². The number of hydrogen-bond acceptors (Lipinski definition) is 7. The molecule has 0 radical (unpaired) electrons. The van der Waals surface area contributed by atoms with Crippen molar-refractivity contribution in [2.24, 2.45) is 5.10 Å². The summed E-state index contributed by atoms with van der Waals surface area (Å²) in [6, 6.07) is 9.07. The average molecular weight is 341 g/mol. The summed E-state index contributed by atoms with van der Waals surface area (Å²) in [5.74, 6) is 0. The third kappa shape index (κ3) is 3.83. The van der Waals surface area contributed by atoms with Gasteiger partial charge in [0, 0.05) is 12.7 Å². The molecule has 8 nitrogen and oxygen atoms in total. The smallest absolute Gasteiger partial charge is 0.193 e. The van der Waals surface area contributed by atoms with Crippen LogP contribution in [0, 0.1) is 0 Å². The van der Waals surface area contributed by atoms with Gasteiger partial charge in [0.05, 0.1) is 0 Å². The van der Waals surface area contributed by atoms with Crippen molar-refractivity contribution in [3.8, 4) is 0 Å². The summed E-state index contributed by atoms with van der Waals surface area (Å²) in [7, 11) is 1.48. The quantitative estimate of drug-likeness (QED) is 0.283. The number of nitrogens with zero attached hydrogens (tertiary/aromatic N) is 2. The van der Waals surface area contributed by atoms with E-state index in [2.05, 4.69) is 10.4 Å². The molecule has 1 aromatic carbocycles. The molecule has 2 rings (SSSR count). The van der Waals surface area contributed by atoms with Gasteiger partial charge in [-0.05, 0) is 24.4 Å². The lowest BCUT2D eigenvalue weighted by Crippen LogP contribution is -2.62. The van der Waals surface area contributed by atoms with E-state index in [1.807, 2.05) is 18.2 Å². The number of thiocarbonyl (C=S) groups is 1. The minimum Gasteiger partial charge on any atom is -0.387 e. The second-order valence-corrected chi connectivity index (χ2v) is 5.59. The van der Waals surface area contributed by atoms with Gasteiger partial charge in [-0.15, -0.1) is 0 Å². The summed E-state index contributed by atoms with van der Waals surface area (Å²) >= 11 is 5.16. The van der Waals surface area contributed by atoms with Crippen molar-refractivity contribution >= 4 is 28.7 Å². The summed E-state index contributed by atoms with van der Waals surface area (Å²) in [6.45, 7) is 0. The number of hydrazone groups is 1. The molecule has 126 valence electrons. The Labute approximate surface area is 138 Å². The summed E-state index contributed by atoms with van der Waals surface area (Å²) in [5, 5.41) is 56.9. The summed E-state index contributed by atoms with van der Waals surface area (Å²) in [5.41, 5.74) is 0.444. The van der Waals surface area contributed by atoms with Gasteiger partial charge >= 0.3 is 0 Å². The predicted octanol–water partition coefficient (Wildman–Crippen LogP) is -1.51. The first-order valence-corrected chi connectivity index (χ1v) is 7.32. The summed E-state index contributed by atoms with van der Waals surface area (Å²) in [4.78, 5) is 0. The van der Waals surface area contributed by atoms with Gasteiger partial charge in [-0.2, -0.15) is 5.10 Å². The van der Waals surface area contributed by atoms with Crippen molar-refractivity contribution < 1.29 is 25.5 Å². The maximum atomic E-state index is 9.91. The van der Waals surface area contributed by atoms with Crippen LogP contribution in [0.5, 0.6) is 0 Å². The molecular formula is C14H19N3O5S. The van der Waals surface area contributed by atoms with Gasteiger partial charge in [-0.3, -0.25) is 0 Å². The first kappa shape index (κ1) is 17.7. The fourth-order valence-electron chi connectivity index (χ4n) is 2.16. The SMILES string of the molecule is CN(N=C1[C@@H](O)[C@@H](O)C(O)[C@H](O)[C@H]1O)C(=S)Nc1ccccc1. The Bertz CT molecular complexity index is 567. The van der Waals surface area contributed by atoms with Gasteiger partial charge in [-0.25, -0.2) is 5.01 Å². The zero-order valence-corrected chi connectivity index (χ0v) is 13.1. The Hall–Kier alpha value is -1.62. The second kappa shape index (κ2) is 7.30. The van der Waals surface area contributed by atoms with E-state index in [-0.39, 0.29) is 10.8 Å². The number of para-hydroxylation sites is 1. The van der Waals surface area contributed by atoms with Gasteiger partial charge < -0.3 is 30.8 Å². The first-order chi connectivity index (χ1) is 10.8. The van der Waals surface area contributed by atoms with E-state index < -0.39 is 30.5 Å². The highest BCUT2D eigenvalue weighted by Gasteiger charge is 2.46. The van der Waals surface area contributed by atoms with E-state index in [4.69, 9.17) is 12.2 Å². The highest BCUT2D eigenvalue weighted by molar-refractivity contribution is 7.80. The normalized spacial score (nSPS) is 32.6. The summed E-state index contributed by atoms with van der Waals surface area (Å²) in [6.07, 6.45) is -8.22. The Kier molecular flexibility index (Phi) is 5.63. The lowest BCUT2D eigenvalue weighted by molar-refractivity contribution is -0.130. The molecule has 0 heterocycles. The van der Waals surface area contributed by atoms with Crippen LogP contribution in [-0.4, -0.2) is 78.9 Å². The van der Waals surface area contributed by atoms with Crippen LogP contribution in [-0.2, 0) is 0 Å². The highest BCUT2D eigenvalue weighted by atomic mass is 32.1. The van der Waals surface area contributed by atoms with Crippen LogP contribution in [0.15, 0.2) is 35.4 Å². The molecule has 0 aliphatic heterocycles. The van der Waals surface area contributed by atoms with Crippen molar-refractivity contribution in [3.63, 3.8) is 0 Å². The van der Waals surface area contributed by atoms with Crippen LogP contribution in [0.3, 0.4) is 0 Å². The van der Waals surface area contributed by atoms with E-state index in [1.165, 1.54) is 12.1 Å². The van der Waals surface area contributed by atoms with Crippen molar-refractivity contribution in [2.75, 3.05) is 12.4 Å². The lowest BCUT2D eigenvalue weighted by atomic mass is 9.85. The van der Waals surface area contributed by atoms with Crippen LogP contribution in [0.2, 0.25) is 0 Å². The zero-order chi connectivity index (χ0) is 17.1. The Morgan fingerprint density at radius 3 is 2.04 bits per heavy atom. The van der Waals surface area contributed by atoms with Crippen LogP contribution in [0.25, 0.3) is 0 Å². The van der Waals surface area contributed by atoms with E-state index in [0.29, 0.717) is 0 Å². The van der Waals surface area contributed by atoms with Gasteiger partial charge in [0.25, 0.3) is 0 Å². The summed E-state index contributed by atoms with van der Waals surface area (Å²) < 4.78 is 0. The van der Waals surface area contributed by atoms with Crippen LogP contribution in [0.4, 0.5) is 5.69 Å². The Morgan fingerprint density at radius 1 is 1.00 bits per heavy atom. The molecule has 0 aromatic heterocycles. The lowest BCUT2D eigenvalue weighted by Gasteiger charge is -2.37. The predicted molar refractivity (Wildman–Crippen MR) is 87.9 cm³/mol. The van der Waals surface area contributed by atoms with Crippen LogP contribution < -0.4 is 5.32 Å². The topological polar surface area (TPSA) is 129 Å². The number of benzene rings is 1. The van der Waals surface area contributed by atoms with E-state index >= 15 is 0 Å². The fraction of sp³-hybridized carbons (Fsp3) is 0.429. The monoisotopic (exact) mass is 341 g/mol. The van der Waals surface area contributed by atoms with Crippen molar-refractivity contribution in [1.82, 2.24) is 5.01 Å². The van der Waals surface area contributed by atoms with Crippen LogP contribution >= 0.6 is 12.2 Å². The Morgan fingerprint density at radius 2 is 1.52 bits per heavy atom. The highest BCUT2D eigenvalue weighted by Crippen LogP contribution is 2.20. The van der Waals surface area contributed by atoms with Crippen molar-refractivity contribution in [1.29, 1.82) is 0 Å². The molecule has 1 aliphatic rings. The third-order valence-electron chi connectivity index (χ3n) is 3.54. The minimum absolute atomic E-state index is 0.179. The molecule has 0 spiro atoms. The molecule has 6 N–H and O–H groups in total. The standard InChI is InChI=1S/C14H19N3O5S/c1-17(14(23)15-7-5-3-2-4-6-7)16-8-9(18)11(20)13(22)12(21)10(8)19/h2-6,9-13,18-22H,1H3,(H,15,23)/t9-,10+,11-,12-,13?/m1/s1. The molecule has 5 atom stereocenters. The third-order valence-corrected chi connectivity index (χ3v) is 3.90. The largest absolute Gasteiger partial charge is 0.387 e. The van der Waals surface area contributed by atoms with Gasteiger partial charge in [0.2, 0.25) is 0 Å². The molecule has 9 heteroatoms. The number of aliphatic hydroxyl groups is 5. The van der Waals surface area contributed by atoms with Crippen molar-refractivity contribution in [3.05, 3.63) is 30.3 Å². The fourth-order valence-corrected chi connectivity index (χ4v) is 2.32. The number of anilines is 1. The molecule has 1 fully saturated rings. The van der Waals surface area contributed by atoms with E-state index in [1.54, 1.807) is 12.1 Å². The Balaban J connectivity index is 2.13. The molecule has 1 unspecified atom stereocenters. The van der Waals surface area contributed by atoms with E-state index in [0.717, 1.165) is 5.69 Å². The maximum Gasteiger partial charge on any atom is 0.193 e. The minimum atomic E-state index is -1.67. The first-order valence-electron chi connectivity index (χ1n) is 6.91. The number of hydrogen-bond donors (Lipinski definition) is 6. The molecule has 1 aliphatic carbocycles. The van der Waals surface area contributed by atoms with Crippen LogP contribution in [0.1, 0.15) is 0 Å². The number of nitrogens with one attached hydrogen (secondary N) is 1. The van der Waals surface area contributed by atoms with Gasteiger partial charge in [0.1, 0.15) is 36.2 Å². The maximum absolute atomic E-state index is 9.91. The molecule has 1 aromatic rings. The average Bonchev–Trinajstić information content (AvgIpc) is 2.55. The molecule has 0 bridgehead atoms. The molecular weight excluding hydrogens is 322 g/mol. The van der Waals surface area contributed by atoms with Crippen molar-refractivity contribution in [2.45, 2.75) is 30.5 Å². The zero-order valence-electron chi connectivity index (χ0n) is 12.3. The molecule has 0 saturated heterocycles. The molecule has 1 saturated carbocycles. The van der Waals surface area contributed by atoms with Gasteiger partial charge in [-0.1, -0.05) is 18.2 Å². The molecule has 0 amide bonds. The second-order valence-electron chi connectivity index (χ2n) is 5.21. The number of rotatable bonds is 2. The molecule has 23 heavy (non-hydrogen) atoms.